The number of aromatic nitrogens is 3. The lowest BCUT2D eigenvalue weighted by Crippen LogP contribution is -2.41. The number of halogens is 3. The molecular weight excluding hydrogens is 625 g/mol. The summed E-state index contributed by atoms with van der Waals surface area (Å²) in [6.45, 7) is 4.08. The second-order valence-electron chi connectivity index (χ2n) is 12.4. The minimum atomic E-state index is -2.23. The van der Waals surface area contributed by atoms with Gasteiger partial charge in [-0.05, 0) is 62.7 Å². The molecule has 254 valence electrons. The van der Waals surface area contributed by atoms with Gasteiger partial charge in [-0.1, -0.05) is 38.2 Å². The summed E-state index contributed by atoms with van der Waals surface area (Å²) in [5.74, 6) is 1.13. The lowest BCUT2D eigenvalue weighted by Gasteiger charge is -2.35. The highest BCUT2D eigenvalue weighted by atomic mass is 19.1. The van der Waals surface area contributed by atoms with Gasteiger partial charge in [-0.2, -0.15) is 9.97 Å². The molecule has 3 unspecified atom stereocenters. The summed E-state index contributed by atoms with van der Waals surface area (Å²) >= 11 is 0. The van der Waals surface area contributed by atoms with E-state index in [1.54, 1.807) is 13.0 Å². The van der Waals surface area contributed by atoms with Gasteiger partial charge in [0.2, 0.25) is 5.88 Å². The van der Waals surface area contributed by atoms with Gasteiger partial charge in [0.25, 0.3) is 0 Å². The van der Waals surface area contributed by atoms with Gasteiger partial charge in [-0.15, -0.1) is 6.42 Å². The third kappa shape index (κ3) is 6.52. The van der Waals surface area contributed by atoms with E-state index in [0.29, 0.717) is 24.5 Å². The fraction of sp³-hybridized carbons (Fsp3) is 0.457. The molecule has 13 heteroatoms. The maximum Gasteiger partial charge on any atom is 0.323 e. The van der Waals surface area contributed by atoms with Crippen molar-refractivity contribution in [1.29, 1.82) is 0 Å². The fourth-order valence-corrected chi connectivity index (χ4v) is 6.93. The molecular formula is C35H39F3N6O4. The van der Waals surface area contributed by atoms with Gasteiger partial charge in [-0.3, -0.25) is 4.90 Å². The molecule has 4 N–H and O–H groups in total. The Balaban J connectivity index is 0.000000381. The molecule has 2 aromatic heterocycles. The summed E-state index contributed by atoms with van der Waals surface area (Å²) in [5.41, 5.74) is 6.03. The lowest BCUT2D eigenvalue weighted by atomic mass is 9.95. The topological polar surface area (TPSA) is 130 Å². The average molecular weight is 665 g/mol. The minimum Gasteiger partial charge on any atom is -0.453 e. The van der Waals surface area contributed by atoms with Crippen LogP contribution in [-0.2, 0) is 0 Å². The van der Waals surface area contributed by atoms with E-state index in [2.05, 4.69) is 32.7 Å². The highest BCUT2D eigenvalue weighted by Crippen LogP contribution is 2.44. The molecule has 0 aliphatic carbocycles. The van der Waals surface area contributed by atoms with Gasteiger partial charge in [0.1, 0.15) is 28.6 Å². The van der Waals surface area contributed by atoms with Crippen LogP contribution in [0.1, 0.15) is 64.4 Å². The Labute approximate surface area is 276 Å². The van der Waals surface area contributed by atoms with Crippen molar-refractivity contribution in [2.24, 2.45) is 0 Å². The van der Waals surface area contributed by atoms with Crippen molar-refractivity contribution in [1.82, 2.24) is 19.9 Å². The number of hydrogen-bond acceptors (Lipinski definition) is 10. The number of rotatable bonds is 8. The Morgan fingerprint density at radius 3 is 2.69 bits per heavy atom. The summed E-state index contributed by atoms with van der Waals surface area (Å²) in [4.78, 5) is 17.1. The number of aliphatic hydroxyl groups is 2. The quantitative estimate of drug-likeness (QED) is 0.0941. The number of ether oxygens (including phenoxy) is 2. The summed E-state index contributed by atoms with van der Waals surface area (Å²) in [6, 6.07) is 5.94. The first kappa shape index (κ1) is 33.5. The van der Waals surface area contributed by atoms with E-state index in [0.717, 1.165) is 38.6 Å². The number of pyridine rings is 1. The Bertz CT molecular complexity index is 1860. The number of nitrogens with two attached hydrogens (primary N) is 1. The number of unbranched alkanes of at least 4 members (excludes halogenated alkanes) is 3. The summed E-state index contributed by atoms with van der Waals surface area (Å²) in [6.07, 6.45) is 11.8. The molecule has 3 aliphatic rings. The van der Waals surface area contributed by atoms with Gasteiger partial charge < -0.3 is 30.3 Å². The van der Waals surface area contributed by atoms with Crippen LogP contribution in [0.25, 0.3) is 32.9 Å². The van der Waals surface area contributed by atoms with Gasteiger partial charge in [0.15, 0.2) is 17.9 Å². The van der Waals surface area contributed by atoms with E-state index < -0.39 is 36.5 Å². The number of benzene rings is 2. The maximum absolute atomic E-state index is 16.4. The molecule has 7 rings (SSSR count). The Morgan fingerprint density at radius 1 is 1.15 bits per heavy atom. The van der Waals surface area contributed by atoms with Crippen LogP contribution in [0.2, 0.25) is 0 Å². The molecule has 2 fully saturated rings. The Morgan fingerprint density at radius 2 is 1.96 bits per heavy atom. The molecule has 10 nitrogen and oxygen atoms in total. The molecule has 3 aliphatic heterocycles. The molecule has 0 bridgehead atoms. The monoisotopic (exact) mass is 664 g/mol. The standard InChI is InChI=1S/C28H27F2N5O4.C7H12FN/c1-4-6-7-8-11-35-14(3)38-26-21-24(33-27(34-25(21)35)39-28(36)37)22(30)23(32-26)18-13-16(31)12-15-9-10-19(29)17(5-2)20(15)18;8-6-4-7-2-1-3-9(7)5-6/h2,9-10,12-14,28,36-37H,4,6-8,11,31H2,1,3H3;6-7H,1-5H2. The molecule has 3 atom stereocenters. The van der Waals surface area contributed by atoms with Crippen molar-refractivity contribution in [3.8, 4) is 35.5 Å². The zero-order valence-electron chi connectivity index (χ0n) is 26.9. The molecule has 5 heterocycles. The first-order chi connectivity index (χ1) is 23.1. The first-order valence-corrected chi connectivity index (χ1v) is 16.3. The van der Waals surface area contributed by atoms with Crippen molar-refractivity contribution in [2.75, 3.05) is 30.3 Å². The fourth-order valence-electron chi connectivity index (χ4n) is 6.93. The van der Waals surface area contributed by atoms with Gasteiger partial charge >= 0.3 is 12.5 Å². The van der Waals surface area contributed by atoms with Crippen LogP contribution < -0.4 is 20.1 Å². The van der Waals surface area contributed by atoms with Gasteiger partial charge in [0, 0.05) is 35.8 Å². The highest BCUT2D eigenvalue weighted by molar-refractivity contribution is 6.05. The predicted molar refractivity (Wildman–Crippen MR) is 177 cm³/mol. The number of hydrogen-bond donors (Lipinski definition) is 3. The maximum atomic E-state index is 16.4. The van der Waals surface area contributed by atoms with E-state index >= 15 is 4.39 Å². The highest BCUT2D eigenvalue weighted by Gasteiger charge is 2.35. The SMILES string of the molecule is C#Cc1c(F)ccc2cc(N)cc(-c3nc4c5c(nc(OC(O)O)nc5c3F)N(CCCCCC)C(C)O4)c12.FC1CC2CCCN2C1. The smallest absolute Gasteiger partial charge is 0.323 e. The number of nitrogens with zero attached hydrogens (tertiary/aromatic N) is 5. The van der Waals surface area contributed by atoms with Gasteiger partial charge in [-0.25, -0.2) is 18.2 Å². The lowest BCUT2D eigenvalue weighted by molar-refractivity contribution is -0.183. The van der Waals surface area contributed by atoms with Crippen molar-refractivity contribution in [3.05, 3.63) is 41.5 Å². The number of fused-ring (bicyclic) bond motifs is 2. The summed E-state index contributed by atoms with van der Waals surface area (Å²) in [7, 11) is 0. The van der Waals surface area contributed by atoms with E-state index in [-0.39, 0.29) is 50.5 Å². The van der Waals surface area contributed by atoms with Gasteiger partial charge in [0.05, 0.1) is 5.56 Å². The van der Waals surface area contributed by atoms with Crippen LogP contribution in [-0.4, -0.2) is 74.6 Å². The van der Waals surface area contributed by atoms with E-state index in [1.165, 1.54) is 31.0 Å². The van der Waals surface area contributed by atoms with Crippen molar-refractivity contribution >= 4 is 33.2 Å². The third-order valence-electron chi connectivity index (χ3n) is 9.12. The zero-order chi connectivity index (χ0) is 34.1. The largest absolute Gasteiger partial charge is 0.453 e. The van der Waals surface area contributed by atoms with Crippen molar-refractivity contribution in [2.45, 2.75) is 83.7 Å². The van der Waals surface area contributed by atoms with E-state index in [1.807, 2.05) is 4.90 Å². The minimum absolute atomic E-state index is 0.0547. The Hall–Kier alpha value is -4.38. The molecule has 2 saturated heterocycles. The predicted octanol–water partition coefficient (Wildman–Crippen LogP) is 5.65. The van der Waals surface area contributed by atoms with Crippen LogP contribution in [0.4, 0.5) is 24.7 Å². The number of nitrogen functional groups attached to an aromatic ring is 1. The summed E-state index contributed by atoms with van der Waals surface area (Å²) < 4.78 is 54.7. The van der Waals surface area contributed by atoms with Crippen LogP contribution in [0, 0.1) is 24.0 Å². The molecule has 48 heavy (non-hydrogen) atoms. The average Bonchev–Trinajstić information content (AvgIpc) is 3.62. The Kier molecular flexibility index (Phi) is 9.78. The third-order valence-corrected chi connectivity index (χ3v) is 9.12. The molecule has 0 spiro atoms. The van der Waals surface area contributed by atoms with Crippen LogP contribution >= 0.6 is 0 Å². The second kappa shape index (κ2) is 14.0. The number of aliphatic hydroxyl groups excluding tert-OH is 1. The van der Waals surface area contributed by atoms with Crippen LogP contribution in [0.5, 0.6) is 11.9 Å². The van der Waals surface area contributed by atoms with Crippen molar-refractivity contribution < 1.29 is 32.9 Å². The molecule has 0 radical (unpaired) electrons. The number of alkyl halides is 1. The van der Waals surface area contributed by atoms with Crippen LogP contribution in [0.15, 0.2) is 24.3 Å². The zero-order valence-corrected chi connectivity index (χ0v) is 26.9. The van der Waals surface area contributed by atoms with E-state index in [9.17, 15) is 19.0 Å². The van der Waals surface area contributed by atoms with Crippen LogP contribution in [0.3, 0.4) is 0 Å². The molecule has 0 amide bonds. The van der Waals surface area contributed by atoms with Crippen molar-refractivity contribution in [3.63, 3.8) is 0 Å². The normalized spacial score (nSPS) is 20.1. The first-order valence-electron chi connectivity index (χ1n) is 16.3. The molecule has 2 aromatic carbocycles. The summed E-state index contributed by atoms with van der Waals surface area (Å²) in [5, 5.41) is 19.8. The molecule has 0 saturated carbocycles. The number of anilines is 2. The molecule has 4 aromatic rings. The van der Waals surface area contributed by atoms with E-state index in [4.69, 9.17) is 21.6 Å². The number of terminal acetylenes is 1. The second-order valence-corrected chi connectivity index (χ2v) is 12.4.